The molecule has 1 aromatic rings. The lowest BCUT2D eigenvalue weighted by molar-refractivity contribution is -0.125. The maximum atomic E-state index is 11.7. The minimum absolute atomic E-state index is 0. The predicted molar refractivity (Wildman–Crippen MR) is 89.3 cm³/mol. The molecule has 0 saturated heterocycles. The topological polar surface area (TPSA) is 93.5 Å². The maximum Gasteiger partial charge on any atom is 0.224 e. The van der Waals surface area contributed by atoms with Crippen LogP contribution in [-0.4, -0.2) is 31.0 Å². The van der Waals surface area contributed by atoms with Gasteiger partial charge in [0.25, 0.3) is 0 Å². The lowest BCUT2D eigenvalue weighted by Gasteiger charge is -2.15. The lowest BCUT2D eigenvalue weighted by Crippen LogP contribution is -2.40. The Kier molecular flexibility index (Phi) is 9.21. The Morgan fingerprint density at radius 2 is 2.00 bits per heavy atom. The first-order valence-electron chi connectivity index (χ1n) is 6.94. The first kappa shape index (κ1) is 20.2. The van der Waals surface area contributed by atoms with Crippen LogP contribution in [0.2, 0.25) is 0 Å². The van der Waals surface area contributed by atoms with Crippen LogP contribution in [0.3, 0.4) is 0 Å². The fourth-order valence-electron chi connectivity index (χ4n) is 1.61. The summed E-state index contributed by atoms with van der Waals surface area (Å²) in [5.41, 5.74) is 6.34. The van der Waals surface area contributed by atoms with E-state index in [1.165, 1.54) is 6.92 Å². The standard InChI is InChI=1S/C15H23N3O3.ClH/c1-10(11(2)16)15(20)17-7-8-21-14-6-4-5-13(9-14)18-12(3)19;/h4-6,9-11H,7-8,16H2,1-3H3,(H,17,20)(H,18,19);1H. The van der Waals surface area contributed by atoms with E-state index >= 15 is 0 Å². The van der Waals surface area contributed by atoms with Crippen molar-refractivity contribution in [3.63, 3.8) is 0 Å². The zero-order valence-corrected chi connectivity index (χ0v) is 13.9. The van der Waals surface area contributed by atoms with Crippen molar-refractivity contribution in [2.24, 2.45) is 11.7 Å². The molecule has 4 N–H and O–H groups in total. The van der Waals surface area contributed by atoms with Gasteiger partial charge in [0.1, 0.15) is 12.4 Å². The van der Waals surface area contributed by atoms with Gasteiger partial charge in [-0.15, -0.1) is 12.4 Å². The van der Waals surface area contributed by atoms with E-state index in [1.54, 1.807) is 38.1 Å². The molecule has 2 unspecified atom stereocenters. The normalized spacial score (nSPS) is 12.5. The van der Waals surface area contributed by atoms with Gasteiger partial charge in [0, 0.05) is 30.6 Å². The minimum atomic E-state index is -0.229. The highest BCUT2D eigenvalue weighted by molar-refractivity contribution is 5.88. The van der Waals surface area contributed by atoms with Crippen LogP contribution in [-0.2, 0) is 9.59 Å². The van der Waals surface area contributed by atoms with Crippen LogP contribution in [0.1, 0.15) is 20.8 Å². The van der Waals surface area contributed by atoms with Crippen molar-refractivity contribution in [1.82, 2.24) is 5.32 Å². The molecule has 6 nitrogen and oxygen atoms in total. The molecule has 0 radical (unpaired) electrons. The van der Waals surface area contributed by atoms with E-state index in [9.17, 15) is 9.59 Å². The largest absolute Gasteiger partial charge is 0.492 e. The van der Waals surface area contributed by atoms with Crippen molar-refractivity contribution in [1.29, 1.82) is 0 Å². The van der Waals surface area contributed by atoms with Gasteiger partial charge in [-0.25, -0.2) is 0 Å². The van der Waals surface area contributed by atoms with Crippen molar-refractivity contribution < 1.29 is 14.3 Å². The third kappa shape index (κ3) is 7.28. The molecule has 1 aromatic carbocycles. The first-order chi connectivity index (χ1) is 9.90. The zero-order chi connectivity index (χ0) is 15.8. The Morgan fingerprint density at radius 1 is 1.32 bits per heavy atom. The summed E-state index contributed by atoms with van der Waals surface area (Å²) >= 11 is 0. The molecule has 0 bridgehead atoms. The number of carbonyl (C=O) groups excluding carboxylic acids is 2. The Balaban J connectivity index is 0.00000441. The summed E-state index contributed by atoms with van der Waals surface area (Å²) in [6.07, 6.45) is 0. The predicted octanol–water partition coefficient (Wildman–Crippen LogP) is 1.55. The number of anilines is 1. The summed E-state index contributed by atoms with van der Waals surface area (Å²) in [5, 5.41) is 5.45. The second kappa shape index (κ2) is 10.0. The van der Waals surface area contributed by atoms with E-state index in [4.69, 9.17) is 10.5 Å². The number of halogens is 1. The molecule has 124 valence electrons. The highest BCUT2D eigenvalue weighted by atomic mass is 35.5. The number of amides is 2. The maximum absolute atomic E-state index is 11.7. The van der Waals surface area contributed by atoms with Gasteiger partial charge in [0.15, 0.2) is 0 Å². The quantitative estimate of drug-likeness (QED) is 0.661. The molecule has 2 atom stereocenters. The SMILES string of the molecule is CC(=O)Nc1cccc(OCCNC(=O)C(C)C(C)N)c1.Cl. The second-order valence-electron chi connectivity index (χ2n) is 5.00. The molecule has 0 heterocycles. The fourth-order valence-corrected chi connectivity index (χ4v) is 1.61. The van der Waals surface area contributed by atoms with Gasteiger partial charge in [-0.3, -0.25) is 9.59 Å². The highest BCUT2D eigenvalue weighted by Gasteiger charge is 2.16. The van der Waals surface area contributed by atoms with E-state index in [-0.39, 0.29) is 36.2 Å². The smallest absolute Gasteiger partial charge is 0.224 e. The first-order valence-corrected chi connectivity index (χ1v) is 6.94. The van der Waals surface area contributed by atoms with Crippen LogP contribution >= 0.6 is 12.4 Å². The van der Waals surface area contributed by atoms with E-state index in [0.717, 1.165) is 0 Å². The number of rotatable bonds is 7. The summed E-state index contributed by atoms with van der Waals surface area (Å²) in [4.78, 5) is 22.6. The van der Waals surface area contributed by atoms with Crippen molar-refractivity contribution in [3.8, 4) is 5.75 Å². The summed E-state index contributed by atoms with van der Waals surface area (Å²) < 4.78 is 5.52. The monoisotopic (exact) mass is 329 g/mol. The summed E-state index contributed by atoms with van der Waals surface area (Å²) in [6, 6.07) is 6.91. The van der Waals surface area contributed by atoms with E-state index in [2.05, 4.69) is 10.6 Å². The minimum Gasteiger partial charge on any atom is -0.492 e. The molecule has 22 heavy (non-hydrogen) atoms. The molecule has 7 heteroatoms. The Bertz CT molecular complexity index is 495. The molecular weight excluding hydrogens is 306 g/mol. The van der Waals surface area contributed by atoms with E-state index in [1.807, 2.05) is 0 Å². The number of nitrogens with two attached hydrogens (primary N) is 1. The molecule has 2 amide bonds. The van der Waals surface area contributed by atoms with Gasteiger partial charge < -0.3 is 21.1 Å². The van der Waals surface area contributed by atoms with Crippen LogP contribution in [0, 0.1) is 5.92 Å². The average molecular weight is 330 g/mol. The number of benzene rings is 1. The highest BCUT2D eigenvalue weighted by Crippen LogP contribution is 2.17. The summed E-state index contributed by atoms with van der Waals surface area (Å²) in [7, 11) is 0. The van der Waals surface area contributed by atoms with E-state index < -0.39 is 0 Å². The molecule has 0 aromatic heterocycles. The Hall–Kier alpha value is -1.79. The Morgan fingerprint density at radius 3 is 2.59 bits per heavy atom. The molecule has 0 fully saturated rings. The number of hydrogen-bond acceptors (Lipinski definition) is 4. The average Bonchev–Trinajstić information content (AvgIpc) is 2.42. The van der Waals surface area contributed by atoms with Crippen LogP contribution in [0.4, 0.5) is 5.69 Å². The molecule has 0 aliphatic rings. The van der Waals surface area contributed by atoms with Crippen LogP contribution < -0.4 is 21.1 Å². The zero-order valence-electron chi connectivity index (χ0n) is 13.1. The summed E-state index contributed by atoms with van der Waals surface area (Å²) in [5.74, 6) is 0.189. The Labute approximate surface area is 137 Å². The van der Waals surface area contributed by atoms with Gasteiger partial charge in [0.2, 0.25) is 11.8 Å². The molecule has 0 aliphatic heterocycles. The molecule has 0 spiro atoms. The summed E-state index contributed by atoms with van der Waals surface area (Å²) in [6.45, 7) is 5.79. The van der Waals surface area contributed by atoms with Gasteiger partial charge in [0.05, 0.1) is 6.54 Å². The second-order valence-corrected chi connectivity index (χ2v) is 5.00. The molecule has 0 saturated carbocycles. The van der Waals surface area contributed by atoms with Crippen molar-refractivity contribution in [2.75, 3.05) is 18.5 Å². The fraction of sp³-hybridized carbons (Fsp3) is 0.467. The van der Waals surface area contributed by atoms with Crippen molar-refractivity contribution in [3.05, 3.63) is 24.3 Å². The van der Waals surface area contributed by atoms with Gasteiger partial charge in [-0.2, -0.15) is 0 Å². The van der Waals surface area contributed by atoms with Gasteiger partial charge in [-0.05, 0) is 19.1 Å². The third-order valence-electron chi connectivity index (χ3n) is 3.03. The third-order valence-corrected chi connectivity index (χ3v) is 3.03. The van der Waals surface area contributed by atoms with E-state index in [0.29, 0.717) is 24.6 Å². The number of carbonyl (C=O) groups is 2. The number of hydrogen-bond donors (Lipinski definition) is 3. The van der Waals surface area contributed by atoms with Gasteiger partial charge >= 0.3 is 0 Å². The molecule has 1 rings (SSSR count). The lowest BCUT2D eigenvalue weighted by atomic mass is 10.0. The van der Waals surface area contributed by atoms with Crippen LogP contribution in [0.25, 0.3) is 0 Å². The molecule has 0 aliphatic carbocycles. The van der Waals surface area contributed by atoms with Crippen molar-refractivity contribution in [2.45, 2.75) is 26.8 Å². The van der Waals surface area contributed by atoms with Gasteiger partial charge in [-0.1, -0.05) is 13.0 Å². The number of nitrogens with one attached hydrogen (secondary N) is 2. The number of ether oxygens (including phenoxy) is 1. The van der Waals surface area contributed by atoms with Crippen LogP contribution in [0.5, 0.6) is 5.75 Å². The molecular formula is C15H24ClN3O3. The van der Waals surface area contributed by atoms with Crippen LogP contribution in [0.15, 0.2) is 24.3 Å². The van der Waals surface area contributed by atoms with Crippen molar-refractivity contribution >= 4 is 29.9 Å².